The molecule has 1 aromatic heterocycles. The minimum atomic E-state index is -0.434. The molecule has 3 aromatic carbocycles. The summed E-state index contributed by atoms with van der Waals surface area (Å²) >= 11 is 0. The maximum Gasteiger partial charge on any atom is 0.319 e. The Balaban J connectivity index is 1.33. The number of halogens is 1. The van der Waals surface area contributed by atoms with E-state index in [-0.39, 0.29) is 23.1 Å². The van der Waals surface area contributed by atoms with Crippen LogP contribution in [0.2, 0.25) is 0 Å². The number of nitrogens with one attached hydrogen (secondary N) is 2. The van der Waals surface area contributed by atoms with Crippen molar-refractivity contribution in [2.75, 3.05) is 25.0 Å². The van der Waals surface area contributed by atoms with Crippen molar-refractivity contribution < 1.29 is 14.0 Å². The van der Waals surface area contributed by atoms with E-state index in [1.54, 1.807) is 47.4 Å². The highest BCUT2D eigenvalue weighted by molar-refractivity contribution is 6.05. The second kappa shape index (κ2) is 10.6. The molecular weight excluding hydrogens is 473 g/mol. The molecule has 4 aromatic rings. The van der Waals surface area contributed by atoms with E-state index in [9.17, 15) is 18.8 Å². The Kier molecular flexibility index (Phi) is 6.93. The molecule has 1 fully saturated rings. The van der Waals surface area contributed by atoms with Gasteiger partial charge in [0, 0.05) is 30.7 Å². The van der Waals surface area contributed by atoms with Crippen molar-refractivity contribution in [3.05, 3.63) is 101 Å². The van der Waals surface area contributed by atoms with Crippen molar-refractivity contribution in [2.45, 2.75) is 12.8 Å². The summed E-state index contributed by atoms with van der Waals surface area (Å²) in [6.45, 7) is 1.37. The zero-order valence-corrected chi connectivity index (χ0v) is 20.1. The lowest BCUT2D eigenvalue weighted by molar-refractivity contribution is 0.0669. The average Bonchev–Trinajstić information content (AvgIpc) is 2.93. The van der Waals surface area contributed by atoms with Gasteiger partial charge in [0.05, 0.1) is 11.1 Å². The molecule has 37 heavy (non-hydrogen) atoms. The molecule has 1 saturated heterocycles. The topological polar surface area (TPSA) is 96.3 Å². The summed E-state index contributed by atoms with van der Waals surface area (Å²) in [4.78, 5) is 40.8. The van der Waals surface area contributed by atoms with Crippen molar-refractivity contribution in [3.63, 3.8) is 0 Å². The number of likely N-dealkylation sites (tertiary alicyclic amines) is 1. The van der Waals surface area contributed by atoms with Gasteiger partial charge in [0.25, 0.3) is 11.5 Å². The smallest absolute Gasteiger partial charge is 0.319 e. The summed E-state index contributed by atoms with van der Waals surface area (Å²) in [6, 6.07) is 21.3. The largest absolute Gasteiger partial charge is 0.338 e. The van der Waals surface area contributed by atoms with Gasteiger partial charge in [0.15, 0.2) is 5.69 Å². The number of piperidine rings is 1. The third-order valence-corrected chi connectivity index (χ3v) is 6.45. The first-order valence-corrected chi connectivity index (χ1v) is 12.2. The highest BCUT2D eigenvalue weighted by Gasteiger charge is 2.28. The lowest BCUT2D eigenvalue weighted by Gasteiger charge is -2.33. The summed E-state index contributed by atoms with van der Waals surface area (Å²) in [5.74, 6) is -0.643. The molecular formula is C28H26FN5O3. The lowest BCUT2D eigenvalue weighted by Crippen LogP contribution is -2.45. The van der Waals surface area contributed by atoms with Crippen LogP contribution < -0.4 is 16.2 Å². The molecule has 2 N–H and O–H groups in total. The molecule has 2 heterocycles. The molecule has 8 nitrogen and oxygen atoms in total. The zero-order chi connectivity index (χ0) is 25.8. The van der Waals surface area contributed by atoms with Gasteiger partial charge >= 0.3 is 6.03 Å². The molecule has 1 aliphatic heterocycles. The molecule has 0 radical (unpaired) electrons. The Hall–Kier alpha value is -4.53. The summed E-state index contributed by atoms with van der Waals surface area (Å²) < 4.78 is 14.6. The van der Waals surface area contributed by atoms with Gasteiger partial charge in [-0.15, -0.1) is 0 Å². The van der Waals surface area contributed by atoms with Gasteiger partial charge < -0.3 is 15.5 Å². The summed E-state index contributed by atoms with van der Waals surface area (Å²) in [6.07, 6.45) is 1.63. The number of carbonyl (C=O) groups excluding carboxylic acids is 2. The van der Waals surface area contributed by atoms with Crippen LogP contribution in [-0.4, -0.2) is 46.3 Å². The van der Waals surface area contributed by atoms with E-state index in [1.807, 2.05) is 18.2 Å². The second-order valence-electron chi connectivity index (χ2n) is 9.05. The Morgan fingerprint density at radius 1 is 0.973 bits per heavy atom. The number of carbonyl (C=O) groups is 2. The van der Waals surface area contributed by atoms with Gasteiger partial charge in [-0.25, -0.2) is 9.18 Å². The fraction of sp³-hybridized carbons (Fsp3) is 0.214. The van der Waals surface area contributed by atoms with Crippen LogP contribution in [0.4, 0.5) is 14.9 Å². The number of benzene rings is 3. The van der Waals surface area contributed by atoms with Gasteiger partial charge in [-0.1, -0.05) is 42.5 Å². The predicted molar refractivity (Wildman–Crippen MR) is 139 cm³/mol. The first kappa shape index (κ1) is 24.2. The quantitative estimate of drug-likeness (QED) is 0.430. The minimum absolute atomic E-state index is 0.0438. The third kappa shape index (κ3) is 5.35. The fourth-order valence-electron chi connectivity index (χ4n) is 4.64. The van der Waals surface area contributed by atoms with E-state index in [2.05, 4.69) is 15.7 Å². The molecule has 0 unspecified atom stereocenters. The SMILES string of the molecule is O=C(NC[C@H]1CCCN(C(=O)c2nn(-c3ccccc3)c(=O)c3ccccc23)C1)Nc1cccc(F)c1. The van der Waals surface area contributed by atoms with Gasteiger partial charge in [0.1, 0.15) is 5.82 Å². The molecule has 0 aliphatic carbocycles. The van der Waals surface area contributed by atoms with Crippen molar-refractivity contribution in [1.29, 1.82) is 0 Å². The van der Waals surface area contributed by atoms with Gasteiger partial charge in [-0.05, 0) is 55.2 Å². The van der Waals surface area contributed by atoms with Crippen LogP contribution >= 0.6 is 0 Å². The molecule has 1 aliphatic rings. The van der Waals surface area contributed by atoms with Gasteiger partial charge in [-0.2, -0.15) is 9.78 Å². The number of hydrogen-bond donors (Lipinski definition) is 2. The number of nitrogens with zero attached hydrogens (tertiary/aromatic N) is 3. The molecule has 188 valence electrons. The van der Waals surface area contributed by atoms with Crippen LogP contribution in [0.5, 0.6) is 0 Å². The first-order valence-electron chi connectivity index (χ1n) is 12.2. The van der Waals surface area contributed by atoms with Crippen molar-refractivity contribution in [2.24, 2.45) is 5.92 Å². The number of rotatable bonds is 5. The zero-order valence-electron chi connectivity index (χ0n) is 20.1. The predicted octanol–water partition coefficient (Wildman–Crippen LogP) is 4.20. The Labute approximate surface area is 212 Å². The molecule has 0 saturated carbocycles. The summed E-state index contributed by atoms with van der Waals surface area (Å²) in [7, 11) is 0. The van der Waals surface area contributed by atoms with Crippen LogP contribution in [0.3, 0.4) is 0 Å². The summed E-state index contributed by atoms with van der Waals surface area (Å²) in [5.41, 5.74) is 0.877. The van der Waals surface area contributed by atoms with Crippen molar-refractivity contribution >= 4 is 28.4 Å². The highest BCUT2D eigenvalue weighted by Crippen LogP contribution is 2.21. The van der Waals surface area contributed by atoms with Gasteiger partial charge in [-0.3, -0.25) is 9.59 Å². The Bertz CT molecular complexity index is 1500. The number of amides is 3. The van der Waals surface area contributed by atoms with Crippen LogP contribution in [0, 0.1) is 11.7 Å². The molecule has 1 atom stereocenters. The van der Waals surface area contributed by atoms with E-state index in [0.717, 1.165) is 12.8 Å². The molecule has 3 amide bonds. The van der Waals surface area contributed by atoms with E-state index < -0.39 is 11.8 Å². The van der Waals surface area contributed by atoms with E-state index in [0.29, 0.717) is 41.8 Å². The number of urea groups is 1. The van der Waals surface area contributed by atoms with Crippen LogP contribution in [0.1, 0.15) is 23.3 Å². The molecule has 5 rings (SSSR count). The number of aromatic nitrogens is 2. The minimum Gasteiger partial charge on any atom is -0.338 e. The number of para-hydroxylation sites is 1. The second-order valence-corrected chi connectivity index (χ2v) is 9.05. The van der Waals surface area contributed by atoms with E-state index >= 15 is 0 Å². The van der Waals surface area contributed by atoms with Crippen molar-refractivity contribution in [1.82, 2.24) is 20.0 Å². The fourth-order valence-corrected chi connectivity index (χ4v) is 4.64. The normalized spacial score (nSPS) is 15.4. The third-order valence-electron chi connectivity index (χ3n) is 6.45. The first-order chi connectivity index (χ1) is 18.0. The van der Waals surface area contributed by atoms with E-state index in [1.165, 1.54) is 22.9 Å². The van der Waals surface area contributed by atoms with E-state index in [4.69, 9.17) is 0 Å². The number of fused-ring (bicyclic) bond motifs is 1. The van der Waals surface area contributed by atoms with Gasteiger partial charge in [0.2, 0.25) is 0 Å². The highest BCUT2D eigenvalue weighted by atomic mass is 19.1. The van der Waals surface area contributed by atoms with Crippen LogP contribution in [-0.2, 0) is 0 Å². The van der Waals surface area contributed by atoms with Crippen molar-refractivity contribution in [3.8, 4) is 5.69 Å². The number of hydrogen-bond acceptors (Lipinski definition) is 4. The number of anilines is 1. The molecule has 0 spiro atoms. The molecule has 0 bridgehead atoms. The lowest BCUT2D eigenvalue weighted by atomic mass is 9.97. The maximum atomic E-state index is 13.7. The molecule has 9 heteroatoms. The monoisotopic (exact) mass is 499 g/mol. The average molecular weight is 500 g/mol. The Morgan fingerprint density at radius 2 is 1.73 bits per heavy atom. The standard InChI is InChI=1S/C28H26FN5O3/c29-20-9-6-10-21(16-20)31-28(37)30-17-19-8-7-15-33(18-19)27(36)25-23-13-4-5-14-24(23)26(35)34(32-25)22-11-2-1-3-12-22/h1-6,9-14,16,19H,7-8,15,17-18H2,(H2,30,31,37)/t19-/m1/s1. The van der Waals surface area contributed by atoms with Crippen LogP contribution in [0.15, 0.2) is 83.7 Å². The summed E-state index contributed by atoms with van der Waals surface area (Å²) in [5, 5.41) is 10.9. The Morgan fingerprint density at radius 3 is 2.51 bits per heavy atom. The van der Waals surface area contributed by atoms with Crippen LogP contribution in [0.25, 0.3) is 16.5 Å². The maximum absolute atomic E-state index is 13.7.